The maximum Gasteiger partial charge on any atom is 0.255 e. The molecule has 3 rings (SSSR count). The molecule has 0 fully saturated rings. The molecule has 24 heavy (non-hydrogen) atoms. The number of halogens is 2. The van der Waals surface area contributed by atoms with Crippen molar-refractivity contribution in [1.29, 1.82) is 0 Å². The van der Waals surface area contributed by atoms with Crippen molar-refractivity contribution in [2.75, 3.05) is 11.9 Å². The molecule has 1 aliphatic heterocycles. The van der Waals surface area contributed by atoms with E-state index in [4.69, 9.17) is 16.3 Å². The van der Waals surface area contributed by atoms with Crippen molar-refractivity contribution in [3.05, 3.63) is 58.1 Å². The third-order valence-corrected chi connectivity index (χ3v) is 3.99. The molecule has 2 aromatic rings. The summed E-state index contributed by atoms with van der Waals surface area (Å²) < 4.78 is 5.67. The topological polar surface area (TPSA) is 50.4 Å². The molecular formula is C18H20Cl2N2O2. The zero-order chi connectivity index (χ0) is 16.2. The summed E-state index contributed by atoms with van der Waals surface area (Å²) in [6, 6.07) is 11.0. The Labute approximate surface area is 153 Å². The molecule has 1 amide bonds. The van der Waals surface area contributed by atoms with Crippen LogP contribution in [0.25, 0.3) is 0 Å². The van der Waals surface area contributed by atoms with E-state index < -0.39 is 0 Å². The van der Waals surface area contributed by atoms with Gasteiger partial charge in [0.25, 0.3) is 5.91 Å². The second-order valence-corrected chi connectivity index (χ2v) is 5.97. The van der Waals surface area contributed by atoms with Gasteiger partial charge in [0.2, 0.25) is 0 Å². The molecule has 6 heteroatoms. The number of rotatable bonds is 5. The van der Waals surface area contributed by atoms with E-state index in [2.05, 4.69) is 10.6 Å². The van der Waals surface area contributed by atoms with Crippen LogP contribution in [0, 0.1) is 0 Å². The van der Waals surface area contributed by atoms with Crippen molar-refractivity contribution in [3.8, 4) is 5.75 Å². The van der Waals surface area contributed by atoms with Gasteiger partial charge in [0.05, 0.1) is 12.3 Å². The minimum absolute atomic E-state index is 0. The van der Waals surface area contributed by atoms with Gasteiger partial charge in [-0.2, -0.15) is 0 Å². The number of fused-ring (bicyclic) bond motifs is 1. The molecule has 1 aliphatic rings. The Morgan fingerprint density at radius 1 is 1.21 bits per heavy atom. The molecule has 0 unspecified atom stereocenters. The van der Waals surface area contributed by atoms with E-state index in [-0.39, 0.29) is 18.3 Å². The predicted molar refractivity (Wildman–Crippen MR) is 99.4 cm³/mol. The van der Waals surface area contributed by atoms with Crippen LogP contribution in [0.15, 0.2) is 36.4 Å². The van der Waals surface area contributed by atoms with Crippen molar-refractivity contribution < 1.29 is 9.53 Å². The lowest BCUT2D eigenvalue weighted by molar-refractivity contribution is 0.102. The Morgan fingerprint density at radius 3 is 2.79 bits per heavy atom. The van der Waals surface area contributed by atoms with Crippen LogP contribution in [0.3, 0.4) is 0 Å². The van der Waals surface area contributed by atoms with Gasteiger partial charge < -0.3 is 15.4 Å². The summed E-state index contributed by atoms with van der Waals surface area (Å²) in [5, 5.41) is 6.73. The molecule has 0 atom stereocenters. The molecular weight excluding hydrogens is 347 g/mol. The zero-order valence-electron chi connectivity index (χ0n) is 13.4. The maximum absolute atomic E-state index is 12.5. The molecule has 0 spiro atoms. The Morgan fingerprint density at radius 2 is 2.00 bits per heavy atom. The zero-order valence-corrected chi connectivity index (χ0v) is 15.0. The summed E-state index contributed by atoms with van der Waals surface area (Å²) in [5.41, 5.74) is 3.64. The minimum Gasteiger partial charge on any atom is -0.491 e. The van der Waals surface area contributed by atoms with Crippen LogP contribution in [0.2, 0.25) is 5.02 Å². The van der Waals surface area contributed by atoms with Gasteiger partial charge in [0.1, 0.15) is 5.75 Å². The lowest BCUT2D eigenvalue weighted by Gasteiger charge is -2.13. The Hall–Kier alpha value is -1.75. The normalized spacial score (nSPS) is 12.2. The molecule has 0 aliphatic carbocycles. The summed E-state index contributed by atoms with van der Waals surface area (Å²) >= 11 is 6.04. The Balaban J connectivity index is 0.00000208. The number of hydrogen-bond acceptors (Lipinski definition) is 3. The van der Waals surface area contributed by atoms with Crippen LogP contribution < -0.4 is 15.4 Å². The Kier molecular flexibility index (Phi) is 6.49. The fraction of sp³-hybridized carbons (Fsp3) is 0.278. The fourth-order valence-electron chi connectivity index (χ4n) is 2.57. The van der Waals surface area contributed by atoms with E-state index in [9.17, 15) is 4.79 Å². The molecule has 1 heterocycles. The quantitative estimate of drug-likeness (QED) is 0.823. The third-order valence-electron chi connectivity index (χ3n) is 3.75. The first-order chi connectivity index (χ1) is 11.2. The van der Waals surface area contributed by atoms with Gasteiger partial charge in [-0.15, -0.1) is 12.4 Å². The highest BCUT2D eigenvalue weighted by molar-refractivity contribution is 6.31. The van der Waals surface area contributed by atoms with Crippen molar-refractivity contribution in [1.82, 2.24) is 5.32 Å². The minimum atomic E-state index is -0.164. The van der Waals surface area contributed by atoms with Crippen LogP contribution in [-0.2, 0) is 13.1 Å². The SMILES string of the molecule is CCCOc1ccc(Cl)cc1NC(=O)c1ccc2c(c1)CNC2.Cl. The lowest BCUT2D eigenvalue weighted by atomic mass is 10.1. The van der Waals surface area contributed by atoms with E-state index >= 15 is 0 Å². The molecule has 0 saturated carbocycles. The number of hydrogen-bond donors (Lipinski definition) is 2. The number of ether oxygens (including phenoxy) is 1. The monoisotopic (exact) mass is 366 g/mol. The van der Waals surface area contributed by atoms with Gasteiger partial charge in [-0.3, -0.25) is 4.79 Å². The summed E-state index contributed by atoms with van der Waals surface area (Å²) in [7, 11) is 0. The molecule has 0 saturated heterocycles. The first kappa shape index (κ1) is 18.6. The van der Waals surface area contributed by atoms with Crippen LogP contribution in [-0.4, -0.2) is 12.5 Å². The molecule has 2 N–H and O–H groups in total. The summed E-state index contributed by atoms with van der Waals surface area (Å²) in [6.45, 7) is 4.29. The first-order valence-electron chi connectivity index (χ1n) is 7.73. The highest BCUT2D eigenvalue weighted by Crippen LogP contribution is 2.29. The van der Waals surface area contributed by atoms with Gasteiger partial charge >= 0.3 is 0 Å². The third kappa shape index (κ3) is 4.20. The summed E-state index contributed by atoms with van der Waals surface area (Å²) in [4.78, 5) is 12.5. The fourth-order valence-corrected chi connectivity index (χ4v) is 2.74. The smallest absolute Gasteiger partial charge is 0.255 e. The number of nitrogens with one attached hydrogen (secondary N) is 2. The number of anilines is 1. The van der Waals surface area contributed by atoms with Gasteiger partial charge in [-0.05, 0) is 47.9 Å². The van der Waals surface area contributed by atoms with E-state index in [1.807, 2.05) is 25.1 Å². The highest BCUT2D eigenvalue weighted by atomic mass is 35.5. The lowest BCUT2D eigenvalue weighted by Crippen LogP contribution is -2.13. The number of benzene rings is 2. The highest BCUT2D eigenvalue weighted by Gasteiger charge is 2.15. The number of carbonyl (C=O) groups is 1. The molecule has 0 aromatic heterocycles. The first-order valence-corrected chi connectivity index (χ1v) is 8.11. The summed E-state index contributed by atoms with van der Waals surface area (Å²) in [6.07, 6.45) is 0.897. The van der Waals surface area contributed by atoms with Gasteiger partial charge in [0, 0.05) is 23.7 Å². The largest absolute Gasteiger partial charge is 0.491 e. The standard InChI is InChI=1S/C18H19ClN2O2.ClH/c1-2-7-23-17-6-5-15(19)9-16(17)21-18(22)12-3-4-13-10-20-11-14(13)8-12;/h3-6,8-9,20H,2,7,10-11H2,1H3,(H,21,22);1H. The van der Waals surface area contributed by atoms with Crippen LogP contribution in [0.5, 0.6) is 5.75 Å². The summed E-state index contributed by atoms with van der Waals surface area (Å²) in [5.74, 6) is 0.468. The van der Waals surface area contributed by atoms with Crippen LogP contribution in [0.4, 0.5) is 5.69 Å². The average Bonchev–Trinajstić information content (AvgIpc) is 3.01. The Bertz CT molecular complexity index is 735. The predicted octanol–water partition coefficient (Wildman–Crippen LogP) is 4.41. The molecule has 0 bridgehead atoms. The van der Waals surface area contributed by atoms with Crippen LogP contribution in [0.1, 0.15) is 34.8 Å². The average molecular weight is 367 g/mol. The number of carbonyl (C=O) groups excluding carboxylic acids is 1. The van der Waals surface area contributed by atoms with Crippen LogP contribution >= 0.6 is 24.0 Å². The molecule has 4 nitrogen and oxygen atoms in total. The van der Waals surface area contributed by atoms with Crippen molar-refractivity contribution in [2.24, 2.45) is 0 Å². The second kappa shape index (κ2) is 8.38. The van der Waals surface area contributed by atoms with E-state index in [0.717, 1.165) is 19.5 Å². The second-order valence-electron chi connectivity index (χ2n) is 5.53. The van der Waals surface area contributed by atoms with Gasteiger partial charge in [-0.1, -0.05) is 24.6 Å². The van der Waals surface area contributed by atoms with E-state index in [0.29, 0.717) is 28.6 Å². The van der Waals surface area contributed by atoms with Crippen molar-refractivity contribution in [3.63, 3.8) is 0 Å². The van der Waals surface area contributed by atoms with Crippen molar-refractivity contribution in [2.45, 2.75) is 26.4 Å². The molecule has 2 aromatic carbocycles. The molecule has 0 radical (unpaired) electrons. The molecule has 128 valence electrons. The van der Waals surface area contributed by atoms with Gasteiger partial charge in [0.15, 0.2) is 0 Å². The number of amides is 1. The van der Waals surface area contributed by atoms with E-state index in [1.165, 1.54) is 11.1 Å². The van der Waals surface area contributed by atoms with Crippen molar-refractivity contribution >= 4 is 35.6 Å². The van der Waals surface area contributed by atoms with Gasteiger partial charge in [-0.25, -0.2) is 0 Å². The maximum atomic E-state index is 12.5. The van der Waals surface area contributed by atoms with E-state index in [1.54, 1.807) is 18.2 Å².